The number of carbonyl (C=O) groups is 3. The minimum Gasteiger partial charge on any atom is -0.397 e. The largest absolute Gasteiger partial charge is 0.397 e. The number of nitrogens with zero attached hydrogens (tertiary/aromatic N) is 4. The summed E-state index contributed by atoms with van der Waals surface area (Å²) in [5.41, 5.74) is 17.8. The molecule has 7 unspecified atom stereocenters. The van der Waals surface area contributed by atoms with Gasteiger partial charge >= 0.3 is 0 Å². The van der Waals surface area contributed by atoms with Crippen molar-refractivity contribution in [3.63, 3.8) is 0 Å². The summed E-state index contributed by atoms with van der Waals surface area (Å²) in [7, 11) is 6.88. The van der Waals surface area contributed by atoms with Gasteiger partial charge in [0.25, 0.3) is 17.7 Å². The molecule has 12 aliphatic rings. The number of aliphatic hydroxyl groups excluding tert-OH is 1. The zero-order chi connectivity index (χ0) is 74.2. The number of thiocarbonyl (C=S) groups is 1. The lowest BCUT2D eigenvalue weighted by Crippen LogP contribution is -2.56. The molecule has 7 N–H and O–H groups in total. The van der Waals surface area contributed by atoms with E-state index in [0.29, 0.717) is 38.9 Å². The third kappa shape index (κ3) is 18.0. The summed E-state index contributed by atoms with van der Waals surface area (Å²) in [5.74, 6) is 22.5. The predicted molar refractivity (Wildman–Crippen MR) is 451 cm³/mol. The first-order valence-corrected chi connectivity index (χ1v) is 41.0. The Hall–Kier alpha value is -5.59. The number of hydrogen-bond acceptors (Lipinski definition) is 13. The number of ether oxygens (including phenoxy) is 3. The molecule has 6 spiro atoms. The van der Waals surface area contributed by atoms with Gasteiger partial charge in [-0.3, -0.25) is 24.2 Å². The zero-order valence-electron chi connectivity index (χ0n) is 63.9. The lowest BCUT2D eigenvalue weighted by Gasteiger charge is -2.46. The minimum atomic E-state index is -0.925. The van der Waals surface area contributed by atoms with Crippen molar-refractivity contribution in [3.8, 4) is 35.5 Å². The first-order chi connectivity index (χ1) is 49.5. The first kappa shape index (κ1) is 90.3. The van der Waals surface area contributed by atoms with E-state index in [-0.39, 0.29) is 101 Å². The van der Waals surface area contributed by atoms with Crippen LogP contribution in [0.1, 0.15) is 283 Å². The SMILES string of the molecule is C.C.C.C.CCC(C)Br.CCC(C)N1C(=O)C2(N=C1N)c1cc(C#CC3CC3)ccc1CC21CCC(OC)CC1.CCC(C)SC1=NC2(C(=O)N1C(C)CC)c1cc(C#CC3CC3)ccc1CC21CCC(OC)CC1.CCO.CN.COC1CCC2(CC1)Cc1ccc(C#CC3CC3)cc1C21NC(=S)NC1=O. The van der Waals surface area contributed by atoms with Gasteiger partial charge in [-0.2, -0.15) is 0 Å². The van der Waals surface area contributed by atoms with Gasteiger partial charge in [-0.25, -0.2) is 9.98 Å². The minimum absolute atomic E-state index is 0. The van der Waals surface area contributed by atoms with Crippen molar-refractivity contribution >= 4 is 73.9 Å². The van der Waals surface area contributed by atoms with Crippen LogP contribution < -0.4 is 22.1 Å². The summed E-state index contributed by atoms with van der Waals surface area (Å²) in [6.45, 7) is 19.2. The predicted octanol–water partition coefficient (Wildman–Crippen LogP) is 17.1. The number of fused-ring (bicyclic) bond motifs is 9. The molecule has 9 aliphatic carbocycles. The molecule has 15 nitrogen and oxygen atoms in total. The molecular weight excluding hydrogens is 1440 g/mol. The lowest BCUT2D eigenvalue weighted by molar-refractivity contribution is -0.140. The Labute approximate surface area is 663 Å². The third-order valence-corrected chi connectivity index (χ3v) is 26.6. The summed E-state index contributed by atoms with van der Waals surface area (Å²) >= 11 is 10.5. The second-order valence-electron chi connectivity index (χ2n) is 31.1. The fourth-order valence-corrected chi connectivity index (χ4v) is 18.8. The second-order valence-corrected chi connectivity index (χ2v) is 34.5. The quantitative estimate of drug-likeness (QED) is 0.0730. The highest BCUT2D eigenvalue weighted by atomic mass is 79.9. The highest BCUT2D eigenvalue weighted by molar-refractivity contribution is 9.09. The van der Waals surface area contributed by atoms with Crippen molar-refractivity contribution in [3.05, 3.63) is 105 Å². The highest BCUT2D eigenvalue weighted by Crippen LogP contribution is 2.65. The van der Waals surface area contributed by atoms with E-state index in [2.05, 4.69) is 183 Å². The van der Waals surface area contributed by atoms with Gasteiger partial charge < -0.3 is 41.4 Å². The van der Waals surface area contributed by atoms with Gasteiger partial charge in [-0.15, -0.1) is 0 Å². The number of aliphatic imine (C=N–C) groups is 2. The summed E-state index contributed by atoms with van der Waals surface area (Å²) < 4.78 is 17.0. The van der Waals surface area contributed by atoms with E-state index in [1.807, 2.05) is 7.11 Å². The number of rotatable bonds is 10. The molecular formula is C89H133BrN8O7S2. The molecule has 15 rings (SSSR count). The number of carbonyl (C=O) groups excluding carboxylic acids is 3. The number of benzene rings is 3. The van der Waals surface area contributed by atoms with Gasteiger partial charge in [0.2, 0.25) is 0 Å². The van der Waals surface area contributed by atoms with Crippen molar-refractivity contribution in [2.75, 3.05) is 35.0 Å². The average Bonchev–Trinajstić information content (AvgIpc) is 1.54. The molecule has 3 aromatic rings. The molecule has 0 aromatic heterocycles. The number of amides is 3. The van der Waals surface area contributed by atoms with Gasteiger partial charge in [0.05, 0.1) is 18.3 Å². The number of hydrogen-bond donors (Lipinski definition) is 5. The van der Waals surface area contributed by atoms with Crippen LogP contribution in [-0.4, -0.2) is 124 Å². The Morgan fingerprint density at radius 2 is 0.907 bits per heavy atom. The van der Waals surface area contributed by atoms with Crippen LogP contribution in [0.5, 0.6) is 0 Å². The van der Waals surface area contributed by atoms with E-state index in [1.54, 1.807) is 37.8 Å². The molecule has 0 radical (unpaired) electrons. The second kappa shape index (κ2) is 38.6. The van der Waals surface area contributed by atoms with Crippen molar-refractivity contribution in [1.82, 2.24) is 20.4 Å². The van der Waals surface area contributed by atoms with E-state index < -0.39 is 16.6 Å². The Morgan fingerprint density at radius 3 is 1.25 bits per heavy atom. The number of amidine groups is 1. The number of alkyl halides is 1. The number of nitrogens with one attached hydrogen (secondary N) is 2. The van der Waals surface area contributed by atoms with Crippen LogP contribution in [0.2, 0.25) is 0 Å². The number of guanidine groups is 1. The van der Waals surface area contributed by atoms with Crippen molar-refractivity contribution in [2.45, 2.75) is 310 Å². The van der Waals surface area contributed by atoms with Crippen LogP contribution in [0.4, 0.5) is 0 Å². The molecule has 3 aliphatic heterocycles. The molecule has 0 bridgehead atoms. The number of aliphatic hydroxyl groups is 1. The molecule has 107 heavy (non-hydrogen) atoms. The third-order valence-electron chi connectivity index (χ3n) is 24.5. The van der Waals surface area contributed by atoms with Gasteiger partial charge in [-0.1, -0.05) is 153 Å². The van der Waals surface area contributed by atoms with Crippen molar-refractivity contribution in [2.24, 2.45) is 55.5 Å². The van der Waals surface area contributed by atoms with E-state index >= 15 is 0 Å². The van der Waals surface area contributed by atoms with Crippen LogP contribution >= 0.6 is 39.9 Å². The summed E-state index contributed by atoms with van der Waals surface area (Å²) in [5, 5.41) is 15.6. The maximum atomic E-state index is 14.7. The molecule has 1 saturated heterocycles. The van der Waals surface area contributed by atoms with E-state index in [9.17, 15) is 14.4 Å². The molecule has 590 valence electrons. The summed E-state index contributed by atoms with van der Waals surface area (Å²) in [6.07, 6.45) is 26.3. The normalized spacial score (nSPS) is 29.3. The standard InChI is InChI=1S/C30H40N2O2S.C26H33N3O2.C22H24N2O2S.C4H9Br.C2H6O.CH5N.4CH4/c1-6-20(3)32-27(33)30(31-28(32)35-21(4)7-2)26-18-23(11-10-22-8-9-22)12-13-24(26)19-29(30)16-14-25(34-5)15-17-29;1-4-17(2)29-23(30)26(28-24(29)27)22-15-19(8-7-18-5-6-18)9-10-20(22)16-25(26)13-11-21(31-3)12-14-25;1-26-17-8-10-21(11-9-17)13-16-7-6-15(5-4-14-2-3-14)12-18(16)22(21)19(25)23-20(27)24-22;1-3-4(2)5;1-2-3;1-2;;;;/h12-13,18,20-22,25H,6-9,14-17,19H2,1-5H3;9-10,15,17-18,21H,4-6,11-14,16H2,1-3H3,(H2,27,28);6-7,12,14,17H,2-3,8-11,13H2,1H3,(H2,23,24,25,27);4H,3H2,1-2H3;3H,2H2,1H3;2H2,1H3;4*1H4. The van der Waals surface area contributed by atoms with Crippen LogP contribution in [0.3, 0.4) is 0 Å². The number of halogens is 1. The first-order valence-electron chi connectivity index (χ1n) is 38.8. The Kier molecular flexibility index (Phi) is 32.5. The van der Waals surface area contributed by atoms with Crippen molar-refractivity contribution in [1.29, 1.82) is 0 Å². The number of methoxy groups -OCH3 is 3. The molecule has 3 amide bonds. The number of nitrogens with two attached hydrogens (primary N) is 2. The van der Waals surface area contributed by atoms with Gasteiger partial charge in [-0.05, 0) is 270 Å². The van der Waals surface area contributed by atoms with Gasteiger partial charge in [0.1, 0.15) is 0 Å². The molecule has 7 atom stereocenters. The van der Waals surface area contributed by atoms with E-state index in [0.717, 1.165) is 154 Å². The maximum absolute atomic E-state index is 14.7. The maximum Gasteiger partial charge on any atom is 0.262 e. The monoisotopic (exact) mass is 1570 g/mol. The van der Waals surface area contributed by atoms with E-state index in [4.69, 9.17) is 47.3 Å². The molecule has 6 saturated carbocycles. The summed E-state index contributed by atoms with van der Waals surface area (Å²) in [6, 6.07) is 19.6. The zero-order valence-corrected chi connectivity index (χ0v) is 67.1. The lowest BCUT2D eigenvalue weighted by atomic mass is 9.61. The topological polar surface area (TPSA) is 206 Å². The van der Waals surface area contributed by atoms with Crippen LogP contribution in [-0.2, 0) is 64.5 Å². The summed E-state index contributed by atoms with van der Waals surface area (Å²) in [4.78, 5) is 57.2. The van der Waals surface area contributed by atoms with Crippen LogP contribution in [0, 0.1) is 69.5 Å². The van der Waals surface area contributed by atoms with Crippen LogP contribution in [0.25, 0.3) is 0 Å². The van der Waals surface area contributed by atoms with Gasteiger partial charge in [0, 0.05) is 101 Å². The highest BCUT2D eigenvalue weighted by Gasteiger charge is 2.70. The molecule has 3 heterocycles. The smallest absolute Gasteiger partial charge is 0.262 e. The Bertz CT molecular complexity index is 3820. The molecule has 18 heteroatoms. The fourth-order valence-electron chi connectivity index (χ4n) is 17.4. The Morgan fingerprint density at radius 1 is 0.561 bits per heavy atom. The van der Waals surface area contributed by atoms with E-state index in [1.165, 1.54) is 68.7 Å². The van der Waals surface area contributed by atoms with Crippen LogP contribution in [0.15, 0.2) is 64.6 Å². The Balaban J connectivity index is 0.000000233. The van der Waals surface area contributed by atoms with Crippen molar-refractivity contribution < 1.29 is 33.7 Å². The van der Waals surface area contributed by atoms with Gasteiger partial charge in [0.15, 0.2) is 32.9 Å². The number of thioether (sulfide) groups is 1. The molecule has 7 fully saturated rings. The fraction of sp³-hybridized carbons (Fsp3) is 0.663. The molecule has 3 aromatic carbocycles. The average molecular weight is 1570 g/mol.